The van der Waals surface area contributed by atoms with E-state index in [4.69, 9.17) is 0 Å². The zero-order chi connectivity index (χ0) is 16.4. The fraction of sp³-hybridized carbons (Fsp3) is 0.211. The molecule has 3 aromatic rings. The van der Waals surface area contributed by atoms with E-state index in [9.17, 15) is 5.11 Å². The summed E-state index contributed by atoms with van der Waals surface area (Å²) in [6, 6.07) is 14.0. The van der Waals surface area contributed by atoms with Crippen LogP contribution in [0.2, 0.25) is 0 Å². The van der Waals surface area contributed by atoms with Crippen LogP contribution < -0.4 is 5.32 Å². The molecule has 3 N–H and O–H groups in total. The van der Waals surface area contributed by atoms with Gasteiger partial charge in [0, 0.05) is 0 Å². The van der Waals surface area contributed by atoms with Crippen molar-refractivity contribution in [3.8, 4) is 0 Å². The molecule has 0 aliphatic carbocycles. The Morgan fingerprint density at radius 3 is 2.70 bits per heavy atom. The number of aliphatic hydroxyl groups is 1. The number of hydrogen-bond donors (Lipinski definition) is 3. The smallest absolute Gasteiger partial charge is 0.152 e. The van der Waals surface area contributed by atoms with Gasteiger partial charge in [0.05, 0.1) is 17.5 Å². The number of fused-ring (bicyclic) bond motifs is 1. The Morgan fingerprint density at radius 1 is 1.22 bits per heavy atom. The van der Waals surface area contributed by atoms with Gasteiger partial charge in [-0.15, -0.1) is 0 Å². The molecule has 0 aliphatic heterocycles. The van der Waals surface area contributed by atoms with Crippen molar-refractivity contribution in [1.82, 2.24) is 9.97 Å². The molecule has 0 fully saturated rings. The van der Waals surface area contributed by atoms with Gasteiger partial charge < -0.3 is 15.4 Å². The molecule has 0 radical (unpaired) electrons. The van der Waals surface area contributed by atoms with Crippen LogP contribution in [-0.2, 0) is 0 Å². The lowest BCUT2D eigenvalue weighted by Crippen LogP contribution is -2.32. The molecule has 1 aromatic heterocycles. The van der Waals surface area contributed by atoms with E-state index in [0.29, 0.717) is 0 Å². The molecule has 2 aromatic carbocycles. The molecule has 0 amide bonds. The molecular formula is C19H21N3O. The van der Waals surface area contributed by atoms with Gasteiger partial charge in [0.25, 0.3) is 0 Å². The molecule has 0 bridgehead atoms. The third-order valence-corrected chi connectivity index (χ3v) is 3.84. The van der Waals surface area contributed by atoms with Crippen LogP contribution in [0, 0.1) is 6.92 Å². The summed E-state index contributed by atoms with van der Waals surface area (Å²) in [5, 5.41) is 13.9. The maximum atomic E-state index is 10.7. The van der Waals surface area contributed by atoms with Crippen molar-refractivity contribution in [2.24, 2.45) is 0 Å². The molecule has 23 heavy (non-hydrogen) atoms. The van der Waals surface area contributed by atoms with Crippen LogP contribution in [0.25, 0.3) is 16.6 Å². The SMILES string of the molecule is C/C(=C\C(C)(O)Nc1cccc2[nH]cnc12)c1ccc(C)cc1. The van der Waals surface area contributed by atoms with Crippen LogP contribution in [0.4, 0.5) is 5.69 Å². The Morgan fingerprint density at radius 2 is 1.96 bits per heavy atom. The molecule has 0 aliphatic rings. The number of nitrogens with one attached hydrogen (secondary N) is 2. The molecule has 4 nitrogen and oxygen atoms in total. The number of anilines is 1. The Balaban J connectivity index is 1.87. The van der Waals surface area contributed by atoms with Crippen molar-refractivity contribution in [3.63, 3.8) is 0 Å². The number of hydrogen-bond acceptors (Lipinski definition) is 3. The number of allylic oxidation sites excluding steroid dienone is 1. The lowest BCUT2D eigenvalue weighted by atomic mass is 10.0. The maximum Gasteiger partial charge on any atom is 0.152 e. The van der Waals surface area contributed by atoms with Gasteiger partial charge in [-0.05, 0) is 50.1 Å². The Hall–Kier alpha value is -2.59. The molecule has 1 atom stereocenters. The maximum absolute atomic E-state index is 10.7. The van der Waals surface area contributed by atoms with Gasteiger partial charge in [-0.3, -0.25) is 0 Å². The topological polar surface area (TPSA) is 60.9 Å². The predicted octanol–water partition coefficient (Wildman–Crippen LogP) is 4.10. The van der Waals surface area contributed by atoms with E-state index in [1.807, 2.05) is 31.2 Å². The second-order valence-corrected chi connectivity index (χ2v) is 6.07. The highest BCUT2D eigenvalue weighted by Gasteiger charge is 2.19. The van der Waals surface area contributed by atoms with Gasteiger partial charge in [-0.25, -0.2) is 4.98 Å². The van der Waals surface area contributed by atoms with Crippen molar-refractivity contribution >= 4 is 22.3 Å². The average Bonchev–Trinajstić information content (AvgIpc) is 2.96. The first-order chi connectivity index (χ1) is 10.9. The van der Waals surface area contributed by atoms with E-state index in [1.54, 1.807) is 13.3 Å². The number of aryl methyl sites for hydroxylation is 1. The largest absolute Gasteiger partial charge is 0.368 e. The normalized spacial score (nSPS) is 14.7. The highest BCUT2D eigenvalue weighted by atomic mass is 16.3. The first-order valence-electron chi connectivity index (χ1n) is 7.64. The summed E-state index contributed by atoms with van der Waals surface area (Å²) >= 11 is 0. The standard InChI is InChI=1S/C19H21N3O/c1-13-7-9-15(10-8-13)14(2)11-19(3,23)22-17-6-4-5-16-18(17)21-12-20-16/h4-12,22-23H,1-3H3,(H,20,21)/b14-11+. The highest BCUT2D eigenvalue weighted by Crippen LogP contribution is 2.25. The fourth-order valence-corrected chi connectivity index (χ4v) is 2.70. The van der Waals surface area contributed by atoms with Crippen molar-refractivity contribution in [2.45, 2.75) is 26.5 Å². The summed E-state index contributed by atoms with van der Waals surface area (Å²) in [6.07, 6.45) is 3.47. The zero-order valence-corrected chi connectivity index (χ0v) is 13.6. The third kappa shape index (κ3) is 3.43. The van der Waals surface area contributed by atoms with Gasteiger partial charge in [0.15, 0.2) is 5.72 Å². The summed E-state index contributed by atoms with van der Waals surface area (Å²) in [7, 11) is 0. The molecule has 0 spiro atoms. The monoisotopic (exact) mass is 307 g/mol. The minimum atomic E-state index is -1.18. The number of H-pyrrole nitrogens is 1. The fourth-order valence-electron chi connectivity index (χ4n) is 2.70. The van der Waals surface area contributed by atoms with Crippen LogP contribution in [0.15, 0.2) is 54.9 Å². The minimum absolute atomic E-state index is 0.793. The predicted molar refractivity (Wildman–Crippen MR) is 95.2 cm³/mol. The summed E-state index contributed by atoms with van der Waals surface area (Å²) in [6.45, 7) is 5.79. The lowest BCUT2D eigenvalue weighted by molar-refractivity contribution is 0.143. The third-order valence-electron chi connectivity index (χ3n) is 3.84. The summed E-state index contributed by atoms with van der Waals surface area (Å²) < 4.78 is 0. The minimum Gasteiger partial charge on any atom is -0.368 e. The number of benzene rings is 2. The molecular weight excluding hydrogens is 286 g/mol. The van der Waals surface area contributed by atoms with Crippen molar-refractivity contribution in [1.29, 1.82) is 0 Å². The molecule has 1 unspecified atom stereocenters. The van der Waals surface area contributed by atoms with Crippen molar-refractivity contribution < 1.29 is 5.11 Å². The molecule has 0 saturated carbocycles. The molecule has 118 valence electrons. The van der Waals surface area contributed by atoms with E-state index in [2.05, 4.69) is 46.5 Å². The highest BCUT2D eigenvalue weighted by molar-refractivity contribution is 5.88. The Labute approximate surface area is 135 Å². The van der Waals surface area contributed by atoms with Crippen LogP contribution in [-0.4, -0.2) is 20.8 Å². The van der Waals surface area contributed by atoms with Crippen molar-refractivity contribution in [2.75, 3.05) is 5.32 Å². The number of aromatic amines is 1. The summed E-state index contributed by atoms with van der Waals surface area (Å²) in [5.74, 6) is 0. The van der Waals surface area contributed by atoms with E-state index in [1.165, 1.54) is 5.56 Å². The summed E-state index contributed by atoms with van der Waals surface area (Å²) in [5.41, 5.74) is 4.69. The van der Waals surface area contributed by atoms with Gasteiger partial charge >= 0.3 is 0 Å². The van der Waals surface area contributed by atoms with Gasteiger partial charge in [-0.1, -0.05) is 35.9 Å². The summed E-state index contributed by atoms with van der Waals surface area (Å²) in [4.78, 5) is 7.37. The van der Waals surface area contributed by atoms with Gasteiger partial charge in [0.2, 0.25) is 0 Å². The second-order valence-electron chi connectivity index (χ2n) is 6.07. The first kappa shape index (κ1) is 15.3. The number of nitrogens with zero attached hydrogens (tertiary/aromatic N) is 1. The van der Waals surface area contributed by atoms with E-state index >= 15 is 0 Å². The van der Waals surface area contributed by atoms with E-state index in [0.717, 1.165) is 27.9 Å². The molecule has 3 rings (SSSR count). The lowest BCUT2D eigenvalue weighted by Gasteiger charge is -2.24. The van der Waals surface area contributed by atoms with Crippen LogP contribution in [0.3, 0.4) is 0 Å². The Bertz CT molecular complexity index is 844. The molecule has 4 heteroatoms. The second kappa shape index (κ2) is 5.89. The van der Waals surface area contributed by atoms with Crippen molar-refractivity contribution in [3.05, 3.63) is 66.0 Å². The molecule has 1 heterocycles. The zero-order valence-electron chi connectivity index (χ0n) is 13.6. The van der Waals surface area contributed by atoms with E-state index < -0.39 is 5.72 Å². The number of imidazole rings is 1. The number of para-hydroxylation sites is 1. The first-order valence-corrected chi connectivity index (χ1v) is 7.64. The Kier molecular flexibility index (Phi) is 3.92. The quantitative estimate of drug-likeness (QED) is 0.636. The van der Waals surface area contributed by atoms with Gasteiger partial charge in [-0.2, -0.15) is 0 Å². The number of aromatic nitrogens is 2. The average molecular weight is 307 g/mol. The van der Waals surface area contributed by atoms with Crippen LogP contribution in [0.1, 0.15) is 25.0 Å². The number of rotatable bonds is 4. The van der Waals surface area contributed by atoms with Crippen LogP contribution in [0.5, 0.6) is 0 Å². The molecule has 0 saturated heterocycles. The van der Waals surface area contributed by atoms with Gasteiger partial charge in [0.1, 0.15) is 5.52 Å². The van der Waals surface area contributed by atoms with Crippen LogP contribution >= 0.6 is 0 Å². The van der Waals surface area contributed by atoms with E-state index in [-0.39, 0.29) is 0 Å².